The molecule has 0 atom stereocenters. The van der Waals surface area contributed by atoms with E-state index in [0.717, 1.165) is 25.0 Å². The summed E-state index contributed by atoms with van der Waals surface area (Å²) in [5.41, 5.74) is 12.1. The number of ether oxygens (including phenoxy) is 1. The summed E-state index contributed by atoms with van der Waals surface area (Å²) in [7, 11) is 0. The fourth-order valence-electron chi connectivity index (χ4n) is 2.50. The predicted octanol–water partition coefficient (Wildman–Crippen LogP) is 1.75. The van der Waals surface area contributed by atoms with E-state index in [4.69, 9.17) is 38.3 Å². The molecule has 1 aromatic heterocycles. The minimum Gasteiger partial charge on any atom is -0.494 e. The standard InChI is InChI=1S/C19H26ClN7O3.ClH/c20-15-17(22)26-16(21)14(25-15)18(29)27-19(23)24-9-2-1-4-12-5-7-13(8-6-12)30-11-3-10-28;/h5-8,28H,1-4,9-11H2,(H4,21,22,26)(H3,23,24,27,29);1H. The van der Waals surface area contributed by atoms with Gasteiger partial charge in [0.05, 0.1) is 6.61 Å². The van der Waals surface area contributed by atoms with Gasteiger partial charge in [-0.05, 0) is 37.0 Å². The average Bonchev–Trinajstić information content (AvgIpc) is 2.71. The van der Waals surface area contributed by atoms with Gasteiger partial charge in [-0.15, -0.1) is 12.4 Å². The van der Waals surface area contributed by atoms with Gasteiger partial charge in [-0.2, -0.15) is 0 Å². The van der Waals surface area contributed by atoms with Crippen molar-refractivity contribution < 1.29 is 14.6 Å². The van der Waals surface area contributed by atoms with Crippen molar-refractivity contribution in [2.75, 3.05) is 31.2 Å². The number of nitrogen functional groups attached to an aromatic ring is 2. The van der Waals surface area contributed by atoms with E-state index >= 15 is 0 Å². The number of carbonyl (C=O) groups excluding carboxylic acids is 1. The zero-order chi connectivity index (χ0) is 21.9. The van der Waals surface area contributed by atoms with Crippen LogP contribution in [0.4, 0.5) is 11.6 Å². The van der Waals surface area contributed by atoms with Crippen LogP contribution in [0.1, 0.15) is 35.3 Å². The van der Waals surface area contributed by atoms with Crippen molar-refractivity contribution in [3.8, 4) is 5.75 Å². The maximum atomic E-state index is 12.1. The van der Waals surface area contributed by atoms with Gasteiger partial charge in [-0.3, -0.25) is 15.5 Å². The Morgan fingerprint density at radius 1 is 1.13 bits per heavy atom. The molecule has 2 aromatic rings. The summed E-state index contributed by atoms with van der Waals surface area (Å²) in [6.07, 6.45) is 3.21. The van der Waals surface area contributed by atoms with Crippen molar-refractivity contribution in [1.29, 1.82) is 5.41 Å². The highest BCUT2D eigenvalue weighted by atomic mass is 35.5. The number of rotatable bonds is 10. The van der Waals surface area contributed by atoms with E-state index in [0.29, 0.717) is 19.6 Å². The second-order valence-corrected chi connectivity index (χ2v) is 6.77. The number of aliphatic hydroxyl groups excluding tert-OH is 1. The quantitative estimate of drug-likeness (QED) is 0.172. The molecule has 12 heteroatoms. The van der Waals surface area contributed by atoms with Crippen molar-refractivity contribution in [2.45, 2.75) is 25.7 Å². The highest BCUT2D eigenvalue weighted by Gasteiger charge is 2.16. The van der Waals surface area contributed by atoms with Crippen LogP contribution in [0.2, 0.25) is 5.15 Å². The number of anilines is 2. The topological polar surface area (TPSA) is 172 Å². The first-order valence-electron chi connectivity index (χ1n) is 9.45. The maximum absolute atomic E-state index is 12.1. The molecule has 0 radical (unpaired) electrons. The molecule has 0 fully saturated rings. The maximum Gasteiger partial charge on any atom is 0.280 e. The second-order valence-electron chi connectivity index (χ2n) is 6.42. The molecule has 0 aliphatic rings. The summed E-state index contributed by atoms with van der Waals surface area (Å²) < 4.78 is 5.50. The molecule has 1 aromatic carbocycles. The fraction of sp³-hybridized carbons (Fsp3) is 0.368. The van der Waals surface area contributed by atoms with Crippen LogP contribution in [0.25, 0.3) is 0 Å². The van der Waals surface area contributed by atoms with Gasteiger partial charge in [0.2, 0.25) is 0 Å². The second kappa shape index (κ2) is 13.5. The van der Waals surface area contributed by atoms with Crippen LogP contribution in [-0.2, 0) is 6.42 Å². The van der Waals surface area contributed by atoms with Crippen molar-refractivity contribution in [2.24, 2.45) is 0 Å². The number of nitrogens with zero attached hydrogens (tertiary/aromatic N) is 2. The first-order valence-corrected chi connectivity index (χ1v) is 9.83. The Morgan fingerprint density at radius 3 is 2.52 bits per heavy atom. The van der Waals surface area contributed by atoms with Gasteiger partial charge >= 0.3 is 0 Å². The number of aromatic nitrogens is 2. The van der Waals surface area contributed by atoms with Crippen LogP contribution in [0.15, 0.2) is 24.3 Å². The van der Waals surface area contributed by atoms with E-state index in [1.165, 1.54) is 5.56 Å². The first kappa shape index (κ1) is 26.2. The van der Waals surface area contributed by atoms with Crippen LogP contribution in [0.3, 0.4) is 0 Å². The van der Waals surface area contributed by atoms with E-state index < -0.39 is 5.91 Å². The largest absolute Gasteiger partial charge is 0.494 e. The number of hydrogen-bond acceptors (Lipinski definition) is 8. The molecule has 8 N–H and O–H groups in total. The zero-order valence-electron chi connectivity index (χ0n) is 16.9. The molecule has 2 rings (SSSR count). The summed E-state index contributed by atoms with van der Waals surface area (Å²) in [6.45, 7) is 1.13. The van der Waals surface area contributed by atoms with Crippen LogP contribution < -0.4 is 26.8 Å². The van der Waals surface area contributed by atoms with E-state index in [-0.39, 0.29) is 47.5 Å². The monoisotopic (exact) mass is 471 g/mol. The number of unbranched alkanes of at least 4 members (excludes halogenated alkanes) is 1. The number of aliphatic hydroxyl groups is 1. The number of halogens is 2. The molecule has 10 nitrogen and oxygen atoms in total. The number of nitrogens with two attached hydrogens (primary N) is 2. The van der Waals surface area contributed by atoms with E-state index in [1.54, 1.807) is 0 Å². The minimum absolute atomic E-state index is 0. The number of guanidine groups is 1. The molecule has 0 aliphatic carbocycles. The van der Waals surface area contributed by atoms with Crippen molar-refractivity contribution in [3.05, 3.63) is 40.7 Å². The number of amides is 1. The van der Waals surface area contributed by atoms with Gasteiger partial charge in [0, 0.05) is 19.6 Å². The molecule has 170 valence electrons. The highest BCUT2D eigenvalue weighted by Crippen LogP contribution is 2.17. The van der Waals surface area contributed by atoms with Gasteiger partial charge in [0.1, 0.15) is 5.75 Å². The van der Waals surface area contributed by atoms with Gasteiger partial charge in [-0.1, -0.05) is 23.7 Å². The lowest BCUT2D eigenvalue weighted by atomic mass is 10.1. The fourth-order valence-corrected chi connectivity index (χ4v) is 2.63. The van der Waals surface area contributed by atoms with Gasteiger partial charge in [0.15, 0.2) is 28.4 Å². The minimum atomic E-state index is -0.694. The summed E-state index contributed by atoms with van der Waals surface area (Å²) in [5, 5.41) is 21.6. The summed E-state index contributed by atoms with van der Waals surface area (Å²) in [4.78, 5) is 19.7. The van der Waals surface area contributed by atoms with Crippen LogP contribution in [0.5, 0.6) is 5.75 Å². The molecule has 31 heavy (non-hydrogen) atoms. The Kier molecular flexibility index (Phi) is 11.4. The molecule has 0 aliphatic heterocycles. The lowest BCUT2D eigenvalue weighted by molar-refractivity contribution is 0.0971. The Hall–Kier alpha value is -2.82. The number of nitrogens with one attached hydrogen (secondary N) is 3. The third-order valence-corrected chi connectivity index (χ3v) is 4.33. The Bertz CT molecular complexity index is 866. The molecule has 1 heterocycles. The number of aryl methyl sites for hydroxylation is 1. The van der Waals surface area contributed by atoms with Crippen LogP contribution in [0, 0.1) is 5.41 Å². The molecule has 0 spiro atoms. The Balaban J connectivity index is 0.00000480. The molecule has 1 amide bonds. The average molecular weight is 472 g/mol. The molecule has 0 saturated carbocycles. The van der Waals surface area contributed by atoms with Gasteiger partial charge in [-0.25, -0.2) is 9.97 Å². The lowest BCUT2D eigenvalue weighted by Gasteiger charge is -2.10. The van der Waals surface area contributed by atoms with Crippen molar-refractivity contribution >= 4 is 47.5 Å². The lowest BCUT2D eigenvalue weighted by Crippen LogP contribution is -2.41. The molecule has 0 unspecified atom stereocenters. The normalized spacial score (nSPS) is 10.1. The molecule has 0 bridgehead atoms. The third kappa shape index (κ3) is 8.83. The summed E-state index contributed by atoms with van der Waals surface area (Å²) >= 11 is 5.75. The van der Waals surface area contributed by atoms with Crippen molar-refractivity contribution in [3.63, 3.8) is 0 Å². The zero-order valence-corrected chi connectivity index (χ0v) is 18.4. The number of benzene rings is 1. The van der Waals surface area contributed by atoms with Gasteiger partial charge in [0.25, 0.3) is 5.91 Å². The Morgan fingerprint density at radius 2 is 1.84 bits per heavy atom. The van der Waals surface area contributed by atoms with Crippen LogP contribution >= 0.6 is 24.0 Å². The smallest absolute Gasteiger partial charge is 0.280 e. The third-order valence-electron chi connectivity index (χ3n) is 4.05. The summed E-state index contributed by atoms with van der Waals surface area (Å²) in [5.74, 6) is -0.306. The summed E-state index contributed by atoms with van der Waals surface area (Å²) in [6, 6.07) is 7.84. The SMILES string of the molecule is Cl.N=C(NCCCCc1ccc(OCCCO)cc1)NC(=O)c1nc(Cl)c(N)nc1N. The van der Waals surface area contributed by atoms with Gasteiger partial charge < -0.3 is 26.6 Å². The molecular formula is C19H27Cl2N7O3. The van der Waals surface area contributed by atoms with Crippen LogP contribution in [-0.4, -0.2) is 46.7 Å². The van der Waals surface area contributed by atoms with E-state index in [1.807, 2.05) is 24.3 Å². The van der Waals surface area contributed by atoms with E-state index in [2.05, 4.69) is 20.6 Å². The molecule has 0 saturated heterocycles. The number of hydrogen-bond donors (Lipinski definition) is 6. The molecular weight excluding hydrogens is 445 g/mol. The Labute approximate surface area is 191 Å². The predicted molar refractivity (Wildman–Crippen MR) is 123 cm³/mol. The van der Waals surface area contributed by atoms with Crippen molar-refractivity contribution in [1.82, 2.24) is 20.6 Å². The first-order chi connectivity index (χ1) is 14.4. The van der Waals surface area contributed by atoms with E-state index in [9.17, 15) is 4.79 Å². The number of carbonyl (C=O) groups is 1. The highest BCUT2D eigenvalue weighted by molar-refractivity contribution is 6.31.